The SMILES string of the molecule is C[C@@H](Sc1nc2ccc([N+](=O)[O-])cc2s1)c1nc(C2CC2)no1. The molecule has 3 aromatic rings. The average molecular weight is 348 g/mol. The van der Waals surface area contributed by atoms with Crippen molar-refractivity contribution >= 4 is 39.0 Å². The second-order valence-corrected chi connectivity index (χ2v) is 8.03. The van der Waals surface area contributed by atoms with Gasteiger partial charge in [0.05, 0.1) is 20.4 Å². The molecule has 1 atom stereocenters. The summed E-state index contributed by atoms with van der Waals surface area (Å²) in [5, 5.41) is 14.8. The van der Waals surface area contributed by atoms with Gasteiger partial charge in [-0.2, -0.15) is 4.98 Å². The molecule has 0 N–H and O–H groups in total. The van der Waals surface area contributed by atoms with E-state index < -0.39 is 4.92 Å². The molecule has 9 heteroatoms. The summed E-state index contributed by atoms with van der Waals surface area (Å²) >= 11 is 2.96. The molecule has 0 saturated heterocycles. The number of non-ortho nitro benzene ring substituents is 1. The minimum absolute atomic E-state index is 0.00875. The van der Waals surface area contributed by atoms with Crippen molar-refractivity contribution in [3.63, 3.8) is 0 Å². The topological polar surface area (TPSA) is 95.0 Å². The maximum absolute atomic E-state index is 10.8. The van der Waals surface area contributed by atoms with Gasteiger partial charge in [0.2, 0.25) is 5.89 Å². The van der Waals surface area contributed by atoms with Crippen molar-refractivity contribution in [2.75, 3.05) is 0 Å². The first kappa shape index (κ1) is 14.6. The highest BCUT2D eigenvalue weighted by Crippen LogP contribution is 2.41. The molecule has 0 spiro atoms. The average Bonchev–Trinajstić information content (AvgIpc) is 3.11. The van der Waals surface area contributed by atoms with Crippen LogP contribution in [-0.4, -0.2) is 20.0 Å². The number of benzene rings is 1. The second-order valence-electron chi connectivity index (χ2n) is 5.41. The van der Waals surface area contributed by atoms with Crippen LogP contribution in [0.4, 0.5) is 5.69 Å². The van der Waals surface area contributed by atoms with Crippen molar-refractivity contribution < 1.29 is 9.45 Å². The molecule has 7 nitrogen and oxygen atoms in total. The largest absolute Gasteiger partial charge is 0.338 e. The minimum atomic E-state index is -0.396. The van der Waals surface area contributed by atoms with Crippen LogP contribution in [0.25, 0.3) is 10.2 Å². The van der Waals surface area contributed by atoms with Gasteiger partial charge in [-0.15, -0.1) is 11.3 Å². The highest BCUT2D eigenvalue weighted by Gasteiger charge is 2.30. The number of thiazole rings is 1. The van der Waals surface area contributed by atoms with Gasteiger partial charge in [0.25, 0.3) is 5.69 Å². The molecular formula is C14H12N4O3S2. The molecule has 1 aliphatic rings. The number of hydrogen-bond acceptors (Lipinski definition) is 8. The molecule has 0 unspecified atom stereocenters. The quantitative estimate of drug-likeness (QED) is 0.385. The summed E-state index contributed by atoms with van der Waals surface area (Å²) in [5.74, 6) is 1.86. The number of nitro benzene ring substituents is 1. The molecule has 0 bridgehead atoms. The van der Waals surface area contributed by atoms with E-state index in [1.165, 1.54) is 29.2 Å². The summed E-state index contributed by atoms with van der Waals surface area (Å²) in [6.45, 7) is 1.99. The second kappa shape index (κ2) is 5.57. The number of fused-ring (bicyclic) bond motifs is 1. The van der Waals surface area contributed by atoms with Gasteiger partial charge in [0, 0.05) is 18.1 Å². The molecule has 0 aliphatic heterocycles. The van der Waals surface area contributed by atoms with Crippen molar-refractivity contribution in [3.05, 3.63) is 40.0 Å². The lowest BCUT2D eigenvalue weighted by Gasteiger charge is -2.01. The molecule has 2 heterocycles. The Morgan fingerprint density at radius 2 is 2.26 bits per heavy atom. The van der Waals surface area contributed by atoms with Crippen LogP contribution in [0.1, 0.15) is 42.6 Å². The maximum Gasteiger partial charge on any atom is 0.270 e. The fraction of sp³-hybridized carbons (Fsp3) is 0.357. The predicted octanol–water partition coefficient (Wildman–Crippen LogP) is 4.32. The Bertz CT molecular complexity index is 887. The molecule has 1 saturated carbocycles. The predicted molar refractivity (Wildman–Crippen MR) is 86.8 cm³/mol. The third-order valence-electron chi connectivity index (χ3n) is 3.59. The van der Waals surface area contributed by atoms with Crippen LogP contribution in [0.5, 0.6) is 0 Å². The lowest BCUT2D eigenvalue weighted by molar-refractivity contribution is -0.384. The summed E-state index contributed by atoms with van der Waals surface area (Å²) in [6, 6.07) is 4.70. The Balaban J connectivity index is 1.54. The van der Waals surface area contributed by atoms with E-state index in [1.807, 2.05) is 6.92 Å². The Kier molecular flexibility index (Phi) is 3.53. The number of nitro groups is 1. The first-order valence-electron chi connectivity index (χ1n) is 7.15. The molecule has 118 valence electrons. The van der Waals surface area contributed by atoms with Crippen LogP contribution in [0.2, 0.25) is 0 Å². The molecule has 23 heavy (non-hydrogen) atoms. The fourth-order valence-electron chi connectivity index (χ4n) is 2.18. The van der Waals surface area contributed by atoms with Crippen molar-refractivity contribution in [1.29, 1.82) is 0 Å². The van der Waals surface area contributed by atoms with Gasteiger partial charge in [0.15, 0.2) is 10.2 Å². The van der Waals surface area contributed by atoms with Crippen LogP contribution in [0.15, 0.2) is 27.1 Å². The smallest absolute Gasteiger partial charge is 0.270 e. The van der Waals surface area contributed by atoms with Crippen LogP contribution in [0.3, 0.4) is 0 Å². The van der Waals surface area contributed by atoms with E-state index in [2.05, 4.69) is 15.1 Å². The Labute approximate surface area is 139 Å². The molecule has 4 rings (SSSR count). The van der Waals surface area contributed by atoms with Crippen LogP contribution in [-0.2, 0) is 0 Å². The third-order valence-corrected chi connectivity index (χ3v) is 5.79. The molecule has 1 aliphatic carbocycles. The van der Waals surface area contributed by atoms with E-state index in [0.717, 1.165) is 33.2 Å². The molecular weight excluding hydrogens is 336 g/mol. The van der Waals surface area contributed by atoms with Crippen LogP contribution >= 0.6 is 23.1 Å². The standard InChI is InChI=1S/C14H12N4O3S2/c1-7(13-16-12(17-21-13)8-2-3-8)22-14-15-10-5-4-9(18(19)20)6-11(10)23-14/h4-8H,2-3H2,1H3/t7-/m1/s1. The molecule has 2 aromatic heterocycles. The van der Waals surface area contributed by atoms with Gasteiger partial charge in [0.1, 0.15) is 0 Å². The van der Waals surface area contributed by atoms with Gasteiger partial charge < -0.3 is 4.52 Å². The van der Waals surface area contributed by atoms with Gasteiger partial charge >= 0.3 is 0 Å². The van der Waals surface area contributed by atoms with Crippen molar-refractivity contribution in [1.82, 2.24) is 15.1 Å². The molecule has 0 amide bonds. The van der Waals surface area contributed by atoms with E-state index in [9.17, 15) is 10.1 Å². The summed E-state index contributed by atoms with van der Waals surface area (Å²) < 4.78 is 6.97. The number of hydrogen-bond donors (Lipinski definition) is 0. The molecule has 1 aromatic carbocycles. The highest BCUT2D eigenvalue weighted by atomic mass is 32.2. The van der Waals surface area contributed by atoms with Crippen LogP contribution < -0.4 is 0 Å². The molecule has 0 radical (unpaired) electrons. The van der Waals surface area contributed by atoms with E-state index in [0.29, 0.717) is 11.8 Å². The van der Waals surface area contributed by atoms with Crippen molar-refractivity contribution in [2.45, 2.75) is 35.3 Å². The highest BCUT2D eigenvalue weighted by molar-refractivity contribution is 8.01. The third kappa shape index (κ3) is 2.93. The fourth-order valence-corrected chi connectivity index (χ4v) is 4.45. The van der Waals surface area contributed by atoms with Gasteiger partial charge in [-0.25, -0.2) is 4.98 Å². The summed E-state index contributed by atoms with van der Waals surface area (Å²) in [5.41, 5.74) is 0.844. The number of aromatic nitrogens is 3. The summed E-state index contributed by atoms with van der Waals surface area (Å²) in [6.07, 6.45) is 2.27. The van der Waals surface area contributed by atoms with Crippen LogP contribution in [0, 0.1) is 10.1 Å². The monoisotopic (exact) mass is 348 g/mol. The Hall–Kier alpha value is -2.00. The number of nitrogens with zero attached hydrogens (tertiary/aromatic N) is 4. The maximum atomic E-state index is 10.8. The lowest BCUT2D eigenvalue weighted by Crippen LogP contribution is -1.89. The van der Waals surface area contributed by atoms with Gasteiger partial charge in [-0.1, -0.05) is 16.9 Å². The van der Waals surface area contributed by atoms with Gasteiger partial charge in [-0.3, -0.25) is 10.1 Å². The first-order chi connectivity index (χ1) is 11.1. The zero-order chi connectivity index (χ0) is 16.0. The van der Waals surface area contributed by atoms with Crippen molar-refractivity contribution in [2.24, 2.45) is 0 Å². The van der Waals surface area contributed by atoms with Crippen molar-refractivity contribution in [3.8, 4) is 0 Å². The summed E-state index contributed by atoms with van der Waals surface area (Å²) in [7, 11) is 0. The van der Waals surface area contributed by atoms with E-state index >= 15 is 0 Å². The van der Waals surface area contributed by atoms with E-state index in [4.69, 9.17) is 4.52 Å². The molecule has 1 fully saturated rings. The first-order valence-corrected chi connectivity index (χ1v) is 8.85. The zero-order valence-corrected chi connectivity index (χ0v) is 13.8. The normalized spacial score (nSPS) is 15.9. The van der Waals surface area contributed by atoms with E-state index in [-0.39, 0.29) is 10.9 Å². The zero-order valence-electron chi connectivity index (χ0n) is 12.1. The minimum Gasteiger partial charge on any atom is -0.338 e. The van der Waals surface area contributed by atoms with Gasteiger partial charge in [-0.05, 0) is 25.8 Å². The number of rotatable bonds is 5. The summed E-state index contributed by atoms with van der Waals surface area (Å²) in [4.78, 5) is 19.4. The number of thioether (sulfide) groups is 1. The Morgan fingerprint density at radius 1 is 1.43 bits per heavy atom. The lowest BCUT2D eigenvalue weighted by atomic mass is 10.3. The van der Waals surface area contributed by atoms with E-state index in [1.54, 1.807) is 12.1 Å². The Morgan fingerprint density at radius 3 is 3.00 bits per heavy atom.